The van der Waals surface area contributed by atoms with Crippen LogP contribution in [0.3, 0.4) is 0 Å². The van der Waals surface area contributed by atoms with E-state index < -0.39 is 5.41 Å². The number of rotatable bonds is 3. The summed E-state index contributed by atoms with van der Waals surface area (Å²) in [6.45, 7) is 2.26. The molecule has 1 heterocycles. The lowest BCUT2D eigenvalue weighted by atomic mass is 9.74. The number of halogens is 1. The van der Waals surface area contributed by atoms with Gasteiger partial charge in [-0.3, -0.25) is 4.79 Å². The van der Waals surface area contributed by atoms with E-state index in [9.17, 15) is 4.79 Å². The summed E-state index contributed by atoms with van der Waals surface area (Å²) in [4.78, 5) is 17.3. The molecule has 0 unspecified atom stereocenters. The third kappa shape index (κ3) is 2.55. The van der Waals surface area contributed by atoms with Crippen LogP contribution in [0.4, 0.5) is 0 Å². The molecule has 3 nitrogen and oxygen atoms in total. The number of benzene rings is 1. The molecule has 1 aliphatic carbocycles. The van der Waals surface area contributed by atoms with E-state index >= 15 is 0 Å². The summed E-state index contributed by atoms with van der Waals surface area (Å²) in [6.07, 6.45) is 4.91. The second kappa shape index (κ2) is 5.93. The molecule has 3 rings (SSSR count). The van der Waals surface area contributed by atoms with Gasteiger partial charge >= 0.3 is 5.97 Å². The number of fused-ring (bicyclic) bond motifs is 1. The Bertz CT molecular complexity index is 661. The summed E-state index contributed by atoms with van der Waals surface area (Å²) in [5.41, 5.74) is 0.304. The molecule has 2 aromatic rings. The van der Waals surface area contributed by atoms with Crippen molar-refractivity contribution in [2.75, 3.05) is 6.61 Å². The van der Waals surface area contributed by atoms with Gasteiger partial charge in [0.15, 0.2) is 0 Å². The van der Waals surface area contributed by atoms with Crippen LogP contribution < -0.4 is 0 Å². The second-order valence-corrected chi connectivity index (χ2v) is 6.88. The van der Waals surface area contributed by atoms with Gasteiger partial charge in [0, 0.05) is 0 Å². The van der Waals surface area contributed by atoms with Gasteiger partial charge < -0.3 is 4.74 Å². The average molecular weight is 324 g/mol. The summed E-state index contributed by atoms with van der Waals surface area (Å²) in [5, 5.41) is 1.56. The van der Waals surface area contributed by atoms with E-state index in [1.165, 1.54) is 17.8 Å². The zero-order chi connectivity index (χ0) is 14.9. The van der Waals surface area contributed by atoms with Gasteiger partial charge in [0.1, 0.15) is 10.4 Å². The van der Waals surface area contributed by atoms with Crippen LogP contribution >= 0.6 is 22.9 Å². The van der Waals surface area contributed by atoms with Crippen molar-refractivity contribution in [3.63, 3.8) is 0 Å². The standard InChI is InChI=1S/C16H18ClNO2S/c1-2-20-15(19)16(9-4-3-5-10-16)14-18-12-8-6-7-11(17)13(12)21-14/h6-8H,2-5,9-10H2,1H3. The average Bonchev–Trinajstić information content (AvgIpc) is 2.94. The van der Waals surface area contributed by atoms with Crippen molar-refractivity contribution in [1.82, 2.24) is 4.98 Å². The maximum absolute atomic E-state index is 12.6. The van der Waals surface area contributed by atoms with E-state index in [4.69, 9.17) is 21.3 Å². The number of ether oxygens (including phenoxy) is 1. The van der Waals surface area contributed by atoms with Crippen LogP contribution in [0, 0.1) is 0 Å². The van der Waals surface area contributed by atoms with Crippen molar-refractivity contribution >= 4 is 39.1 Å². The Morgan fingerprint density at radius 3 is 2.81 bits per heavy atom. The molecule has 0 saturated heterocycles. The van der Waals surface area contributed by atoms with E-state index in [1.54, 1.807) is 0 Å². The highest BCUT2D eigenvalue weighted by atomic mass is 35.5. The molecular weight excluding hydrogens is 306 g/mol. The van der Waals surface area contributed by atoms with Gasteiger partial charge in [-0.25, -0.2) is 4.98 Å². The third-order valence-electron chi connectivity index (χ3n) is 4.15. The largest absolute Gasteiger partial charge is 0.465 e. The number of hydrogen-bond acceptors (Lipinski definition) is 4. The normalized spacial score (nSPS) is 17.8. The number of esters is 1. The van der Waals surface area contributed by atoms with Crippen LogP contribution in [-0.4, -0.2) is 17.6 Å². The maximum Gasteiger partial charge on any atom is 0.319 e. The molecule has 1 fully saturated rings. The van der Waals surface area contributed by atoms with E-state index in [2.05, 4.69) is 0 Å². The SMILES string of the molecule is CCOC(=O)C1(c2nc3cccc(Cl)c3s2)CCCCC1. The highest BCUT2D eigenvalue weighted by Crippen LogP contribution is 2.44. The van der Waals surface area contributed by atoms with Crippen LogP contribution in [0.5, 0.6) is 0 Å². The second-order valence-electron chi connectivity index (χ2n) is 5.47. The molecule has 0 atom stereocenters. The van der Waals surface area contributed by atoms with Gasteiger partial charge in [0.25, 0.3) is 0 Å². The molecule has 1 aromatic carbocycles. The first-order chi connectivity index (χ1) is 10.2. The van der Waals surface area contributed by atoms with Gasteiger partial charge in [-0.05, 0) is 31.9 Å². The molecule has 0 radical (unpaired) electrons. The zero-order valence-corrected chi connectivity index (χ0v) is 13.6. The van der Waals surface area contributed by atoms with Crippen molar-refractivity contribution in [2.24, 2.45) is 0 Å². The van der Waals surface area contributed by atoms with Crippen LogP contribution in [0.25, 0.3) is 10.2 Å². The molecule has 1 aliphatic rings. The van der Waals surface area contributed by atoms with E-state index in [0.29, 0.717) is 11.6 Å². The number of aromatic nitrogens is 1. The number of thiazole rings is 1. The maximum atomic E-state index is 12.6. The molecule has 0 spiro atoms. The smallest absolute Gasteiger partial charge is 0.319 e. The first-order valence-corrected chi connectivity index (χ1v) is 8.59. The minimum Gasteiger partial charge on any atom is -0.465 e. The van der Waals surface area contributed by atoms with Gasteiger partial charge in [-0.2, -0.15) is 0 Å². The Hall–Kier alpha value is -1.13. The minimum atomic E-state index is -0.568. The fourth-order valence-corrected chi connectivity index (χ4v) is 4.54. The lowest BCUT2D eigenvalue weighted by molar-refractivity contribution is -0.151. The molecule has 0 bridgehead atoms. The molecule has 1 aromatic heterocycles. The molecule has 21 heavy (non-hydrogen) atoms. The van der Waals surface area contributed by atoms with Gasteiger partial charge in [-0.15, -0.1) is 11.3 Å². The lowest BCUT2D eigenvalue weighted by Crippen LogP contribution is -2.39. The van der Waals surface area contributed by atoms with E-state index in [1.807, 2.05) is 25.1 Å². The van der Waals surface area contributed by atoms with Crippen molar-refractivity contribution < 1.29 is 9.53 Å². The molecular formula is C16H18ClNO2S. The molecule has 0 amide bonds. The highest BCUT2D eigenvalue weighted by molar-refractivity contribution is 7.19. The summed E-state index contributed by atoms with van der Waals surface area (Å²) in [5.74, 6) is -0.125. The van der Waals surface area contributed by atoms with Crippen molar-refractivity contribution in [1.29, 1.82) is 0 Å². The monoisotopic (exact) mass is 323 g/mol. The fraction of sp³-hybridized carbons (Fsp3) is 0.500. The Labute approximate surface area is 133 Å². The summed E-state index contributed by atoms with van der Waals surface area (Å²) in [6, 6.07) is 5.71. The number of hydrogen-bond donors (Lipinski definition) is 0. The predicted octanol–water partition coefficient (Wildman–Crippen LogP) is 4.71. The molecule has 0 aliphatic heterocycles. The van der Waals surface area contributed by atoms with E-state index in [0.717, 1.165) is 40.9 Å². The van der Waals surface area contributed by atoms with Crippen LogP contribution in [0.1, 0.15) is 44.0 Å². The lowest BCUT2D eigenvalue weighted by Gasteiger charge is -2.32. The topological polar surface area (TPSA) is 39.2 Å². The Morgan fingerprint density at radius 1 is 1.38 bits per heavy atom. The first kappa shape index (κ1) is 14.8. The zero-order valence-electron chi connectivity index (χ0n) is 12.0. The quantitative estimate of drug-likeness (QED) is 0.767. The highest BCUT2D eigenvalue weighted by Gasteiger charge is 2.45. The van der Waals surface area contributed by atoms with Crippen molar-refractivity contribution in [2.45, 2.75) is 44.4 Å². The third-order valence-corrected chi connectivity index (χ3v) is 5.89. The summed E-state index contributed by atoms with van der Waals surface area (Å²) < 4.78 is 6.32. The van der Waals surface area contributed by atoms with Gasteiger partial charge in [-0.1, -0.05) is 36.9 Å². The van der Waals surface area contributed by atoms with Crippen LogP contribution in [0.2, 0.25) is 5.02 Å². The summed E-state index contributed by atoms with van der Waals surface area (Å²) >= 11 is 7.79. The summed E-state index contributed by atoms with van der Waals surface area (Å²) in [7, 11) is 0. The predicted molar refractivity (Wildman–Crippen MR) is 86.0 cm³/mol. The Kier molecular flexibility index (Phi) is 4.18. The molecule has 5 heteroatoms. The van der Waals surface area contributed by atoms with Crippen molar-refractivity contribution in [3.8, 4) is 0 Å². The fourth-order valence-electron chi connectivity index (χ4n) is 3.05. The Morgan fingerprint density at radius 2 is 2.14 bits per heavy atom. The van der Waals surface area contributed by atoms with Crippen molar-refractivity contribution in [3.05, 3.63) is 28.2 Å². The molecule has 112 valence electrons. The molecule has 0 N–H and O–H groups in total. The Balaban J connectivity index is 2.09. The van der Waals surface area contributed by atoms with Crippen LogP contribution in [-0.2, 0) is 14.9 Å². The number of carbonyl (C=O) groups is 1. The number of nitrogens with zero attached hydrogens (tertiary/aromatic N) is 1. The van der Waals surface area contributed by atoms with Gasteiger partial charge in [0.2, 0.25) is 0 Å². The first-order valence-electron chi connectivity index (χ1n) is 7.40. The van der Waals surface area contributed by atoms with E-state index in [-0.39, 0.29) is 5.97 Å². The minimum absolute atomic E-state index is 0.125. The number of carbonyl (C=O) groups excluding carboxylic acids is 1. The van der Waals surface area contributed by atoms with Gasteiger partial charge in [0.05, 0.1) is 21.8 Å². The molecule has 1 saturated carbocycles. The van der Waals surface area contributed by atoms with Crippen LogP contribution in [0.15, 0.2) is 18.2 Å².